The molecule has 0 bridgehead atoms. The third-order valence-corrected chi connectivity index (χ3v) is 3.02. The summed E-state index contributed by atoms with van der Waals surface area (Å²) >= 11 is 0. The van der Waals surface area contributed by atoms with E-state index in [1.165, 1.54) is 13.0 Å². The molecule has 0 spiro atoms. The van der Waals surface area contributed by atoms with Crippen LogP contribution >= 0.6 is 0 Å². The number of carbonyl (C=O) groups is 2. The fraction of sp³-hybridized carbons (Fsp3) is 0.333. The van der Waals surface area contributed by atoms with E-state index in [0.717, 1.165) is 6.07 Å². The number of nitrogens with one attached hydrogen (secondary N) is 1. The van der Waals surface area contributed by atoms with Gasteiger partial charge in [-0.1, -0.05) is 6.07 Å². The standard InChI is InChI=1S/C12H11F2NO3/c1-6-2-3-7(13)8(9(6)14)10(16)15-12(4-5-12)11(17)18/h2-3H,4-5H2,1H3,(H,15,16)(H,17,18). The second-order valence-corrected chi connectivity index (χ2v) is 4.39. The average molecular weight is 255 g/mol. The van der Waals surface area contributed by atoms with Gasteiger partial charge in [-0.25, -0.2) is 13.6 Å². The minimum absolute atomic E-state index is 0.127. The molecule has 0 radical (unpaired) electrons. The highest BCUT2D eigenvalue weighted by atomic mass is 19.1. The monoisotopic (exact) mass is 255 g/mol. The first-order valence-corrected chi connectivity index (χ1v) is 5.38. The molecule has 1 aromatic rings. The summed E-state index contributed by atoms with van der Waals surface area (Å²) in [5.74, 6) is -4.19. The number of carbonyl (C=O) groups excluding carboxylic acids is 1. The van der Waals surface area contributed by atoms with Crippen LogP contribution in [0.4, 0.5) is 8.78 Å². The molecule has 0 heterocycles. The van der Waals surface area contributed by atoms with Crippen LogP contribution in [0, 0.1) is 18.6 Å². The molecule has 0 saturated heterocycles. The molecule has 2 rings (SSSR count). The molecule has 1 fully saturated rings. The van der Waals surface area contributed by atoms with Crippen molar-refractivity contribution in [3.05, 3.63) is 34.9 Å². The van der Waals surface area contributed by atoms with Crippen molar-refractivity contribution in [1.29, 1.82) is 0 Å². The Bertz CT molecular complexity index is 538. The number of rotatable bonds is 3. The van der Waals surface area contributed by atoms with Crippen molar-refractivity contribution in [1.82, 2.24) is 5.32 Å². The summed E-state index contributed by atoms with van der Waals surface area (Å²) in [4.78, 5) is 22.6. The zero-order valence-electron chi connectivity index (χ0n) is 9.59. The van der Waals surface area contributed by atoms with Gasteiger partial charge in [0, 0.05) is 0 Å². The third-order valence-electron chi connectivity index (χ3n) is 3.02. The van der Waals surface area contributed by atoms with Crippen molar-refractivity contribution in [2.75, 3.05) is 0 Å². The van der Waals surface area contributed by atoms with Crippen LogP contribution in [0.1, 0.15) is 28.8 Å². The molecule has 4 nitrogen and oxygen atoms in total. The molecular weight excluding hydrogens is 244 g/mol. The van der Waals surface area contributed by atoms with Gasteiger partial charge in [-0.15, -0.1) is 0 Å². The molecule has 1 aromatic carbocycles. The number of hydrogen-bond donors (Lipinski definition) is 2. The zero-order chi connectivity index (χ0) is 13.5. The lowest BCUT2D eigenvalue weighted by Gasteiger charge is -2.13. The summed E-state index contributed by atoms with van der Waals surface area (Å²) in [5, 5.41) is 11.1. The largest absolute Gasteiger partial charge is 0.480 e. The van der Waals surface area contributed by atoms with Crippen LogP contribution < -0.4 is 5.32 Å². The maximum atomic E-state index is 13.7. The van der Waals surface area contributed by atoms with Crippen LogP contribution in [-0.2, 0) is 4.79 Å². The van der Waals surface area contributed by atoms with Crippen molar-refractivity contribution in [3.63, 3.8) is 0 Å². The van der Waals surface area contributed by atoms with Crippen molar-refractivity contribution in [2.45, 2.75) is 25.3 Å². The van der Waals surface area contributed by atoms with Gasteiger partial charge in [0.25, 0.3) is 5.91 Å². The smallest absolute Gasteiger partial charge is 0.329 e. The molecule has 0 aromatic heterocycles. The number of carboxylic acid groups (broad SMARTS) is 1. The van der Waals surface area contributed by atoms with E-state index in [1.54, 1.807) is 0 Å². The maximum absolute atomic E-state index is 13.7. The summed E-state index contributed by atoms with van der Waals surface area (Å²) in [5.41, 5.74) is -1.97. The van der Waals surface area contributed by atoms with Crippen molar-refractivity contribution < 1.29 is 23.5 Å². The second-order valence-electron chi connectivity index (χ2n) is 4.39. The number of carboxylic acids is 1. The molecule has 2 N–H and O–H groups in total. The van der Waals surface area contributed by atoms with Crippen molar-refractivity contribution in [3.8, 4) is 0 Å². The normalized spacial score (nSPS) is 16.2. The molecule has 1 amide bonds. The van der Waals surface area contributed by atoms with Crippen LogP contribution in [0.25, 0.3) is 0 Å². The predicted octanol–water partition coefficient (Wildman–Crippen LogP) is 1.62. The Morgan fingerprint density at radius 1 is 1.33 bits per heavy atom. The molecule has 0 unspecified atom stereocenters. The Hall–Kier alpha value is -1.98. The summed E-state index contributed by atoms with van der Waals surface area (Å²) in [6.07, 6.45) is 0.534. The number of halogens is 2. The Morgan fingerprint density at radius 3 is 2.44 bits per heavy atom. The summed E-state index contributed by atoms with van der Waals surface area (Å²) in [6, 6.07) is 2.19. The fourth-order valence-electron chi connectivity index (χ4n) is 1.66. The molecule has 1 aliphatic rings. The molecule has 0 aliphatic heterocycles. The van der Waals surface area contributed by atoms with Gasteiger partial charge in [0.05, 0.1) is 0 Å². The quantitative estimate of drug-likeness (QED) is 0.862. The number of aliphatic carboxylic acids is 1. The number of benzene rings is 1. The topological polar surface area (TPSA) is 66.4 Å². The summed E-state index contributed by atoms with van der Waals surface area (Å²) < 4.78 is 27.1. The maximum Gasteiger partial charge on any atom is 0.329 e. The second kappa shape index (κ2) is 4.04. The van der Waals surface area contributed by atoms with Gasteiger partial charge < -0.3 is 10.4 Å². The Morgan fingerprint density at radius 2 is 1.94 bits per heavy atom. The highest BCUT2D eigenvalue weighted by molar-refractivity contribution is 5.99. The van der Waals surface area contributed by atoms with Crippen LogP contribution in [-0.4, -0.2) is 22.5 Å². The van der Waals surface area contributed by atoms with Crippen LogP contribution in [0.5, 0.6) is 0 Å². The average Bonchev–Trinajstić information content (AvgIpc) is 3.05. The fourth-order valence-corrected chi connectivity index (χ4v) is 1.66. The lowest BCUT2D eigenvalue weighted by Crippen LogP contribution is -2.43. The van der Waals surface area contributed by atoms with Crippen LogP contribution in [0.3, 0.4) is 0 Å². The molecule has 18 heavy (non-hydrogen) atoms. The Labute approximate surface area is 102 Å². The van der Waals surface area contributed by atoms with Crippen LogP contribution in [0.2, 0.25) is 0 Å². The van der Waals surface area contributed by atoms with Gasteiger partial charge >= 0.3 is 5.97 Å². The van der Waals surface area contributed by atoms with E-state index >= 15 is 0 Å². The summed E-state index contributed by atoms with van der Waals surface area (Å²) in [7, 11) is 0. The van der Waals surface area contributed by atoms with E-state index < -0.39 is 34.6 Å². The number of amides is 1. The van der Waals surface area contributed by atoms with Gasteiger partial charge in [-0.05, 0) is 31.4 Å². The minimum atomic E-state index is -1.36. The highest BCUT2D eigenvalue weighted by Gasteiger charge is 2.52. The van der Waals surface area contributed by atoms with E-state index in [2.05, 4.69) is 5.32 Å². The van der Waals surface area contributed by atoms with Gasteiger partial charge in [0.2, 0.25) is 0 Å². The highest BCUT2D eigenvalue weighted by Crippen LogP contribution is 2.36. The van der Waals surface area contributed by atoms with E-state index in [4.69, 9.17) is 5.11 Å². The molecule has 1 saturated carbocycles. The molecule has 0 atom stereocenters. The predicted molar refractivity (Wildman–Crippen MR) is 58.2 cm³/mol. The Balaban J connectivity index is 2.30. The first-order valence-electron chi connectivity index (χ1n) is 5.38. The molecular formula is C12H11F2NO3. The first-order chi connectivity index (χ1) is 8.37. The Kier molecular flexibility index (Phi) is 2.80. The lowest BCUT2D eigenvalue weighted by atomic mass is 10.1. The minimum Gasteiger partial charge on any atom is -0.480 e. The van der Waals surface area contributed by atoms with Gasteiger partial charge in [0.1, 0.15) is 22.7 Å². The number of hydrogen-bond acceptors (Lipinski definition) is 2. The molecule has 6 heteroatoms. The third kappa shape index (κ3) is 1.94. The van der Waals surface area contributed by atoms with E-state index in [1.807, 2.05) is 0 Å². The zero-order valence-corrected chi connectivity index (χ0v) is 9.59. The van der Waals surface area contributed by atoms with E-state index in [-0.39, 0.29) is 18.4 Å². The van der Waals surface area contributed by atoms with E-state index in [9.17, 15) is 18.4 Å². The number of aryl methyl sites for hydroxylation is 1. The molecule has 1 aliphatic carbocycles. The van der Waals surface area contributed by atoms with Crippen molar-refractivity contribution in [2.24, 2.45) is 0 Å². The van der Waals surface area contributed by atoms with E-state index in [0.29, 0.717) is 0 Å². The first kappa shape index (κ1) is 12.5. The lowest BCUT2D eigenvalue weighted by molar-refractivity contribution is -0.140. The van der Waals surface area contributed by atoms with Gasteiger partial charge in [-0.3, -0.25) is 4.79 Å². The summed E-state index contributed by atoms with van der Waals surface area (Å²) in [6.45, 7) is 1.40. The van der Waals surface area contributed by atoms with Crippen molar-refractivity contribution >= 4 is 11.9 Å². The SMILES string of the molecule is Cc1ccc(F)c(C(=O)NC2(C(=O)O)CC2)c1F. The van der Waals surface area contributed by atoms with Crippen LogP contribution in [0.15, 0.2) is 12.1 Å². The molecule has 96 valence electrons. The van der Waals surface area contributed by atoms with Gasteiger partial charge in [0.15, 0.2) is 0 Å². The van der Waals surface area contributed by atoms with Gasteiger partial charge in [-0.2, -0.15) is 0 Å².